The van der Waals surface area contributed by atoms with E-state index in [4.69, 9.17) is 4.52 Å². The summed E-state index contributed by atoms with van der Waals surface area (Å²) in [6, 6.07) is 19.3. The first-order valence-electron chi connectivity index (χ1n) is 13.2. The number of carbonyl (C=O) groups excluding carboxylic acids is 1. The van der Waals surface area contributed by atoms with E-state index < -0.39 is 0 Å². The Labute approximate surface area is 210 Å². The number of nitrogens with zero attached hydrogens (tertiary/aromatic N) is 3. The molecule has 0 atom stereocenters. The summed E-state index contributed by atoms with van der Waals surface area (Å²) in [7, 11) is 0. The lowest BCUT2D eigenvalue weighted by Crippen LogP contribution is -2.33. The molecule has 0 N–H and O–H groups in total. The van der Waals surface area contributed by atoms with Gasteiger partial charge in [-0.2, -0.15) is 0 Å². The molecule has 0 unspecified atom stereocenters. The van der Waals surface area contributed by atoms with Crippen molar-refractivity contribution >= 4 is 11.6 Å². The second-order valence-corrected chi connectivity index (χ2v) is 10.0. The molecule has 1 aliphatic heterocycles. The summed E-state index contributed by atoms with van der Waals surface area (Å²) in [5, 5.41) is 4.22. The highest BCUT2D eigenvalue weighted by Crippen LogP contribution is 2.28. The van der Waals surface area contributed by atoms with E-state index in [0.29, 0.717) is 17.9 Å². The monoisotopic (exact) mass is 473 g/mol. The van der Waals surface area contributed by atoms with Crippen LogP contribution < -0.4 is 4.90 Å². The van der Waals surface area contributed by atoms with Crippen molar-refractivity contribution < 1.29 is 9.32 Å². The maximum Gasteiger partial charge on any atom is 0.259 e. The Morgan fingerprint density at radius 3 is 2.31 bits per heavy atom. The number of benzene rings is 2. The van der Waals surface area contributed by atoms with E-state index in [1.54, 1.807) is 0 Å². The Kier molecular flexibility index (Phi) is 8.62. The normalized spacial score (nSPS) is 15.8. The van der Waals surface area contributed by atoms with Crippen molar-refractivity contribution in [1.82, 2.24) is 10.1 Å². The molecule has 4 rings (SSSR count). The lowest BCUT2D eigenvalue weighted by molar-refractivity contribution is 0.0737. The summed E-state index contributed by atoms with van der Waals surface area (Å²) < 4.78 is 5.47. The fraction of sp³-hybridized carbons (Fsp3) is 0.467. The third-order valence-electron chi connectivity index (χ3n) is 6.95. The van der Waals surface area contributed by atoms with E-state index in [9.17, 15) is 4.79 Å². The molecular formula is C30H39N3O2. The van der Waals surface area contributed by atoms with E-state index in [1.165, 1.54) is 42.5 Å². The summed E-state index contributed by atoms with van der Waals surface area (Å²) in [6.07, 6.45) is 7.06. The number of carbonyl (C=O) groups is 1. The minimum Gasteiger partial charge on any atom is -0.367 e. The number of para-hydroxylation sites is 1. The smallest absolute Gasteiger partial charge is 0.259 e. The number of hydrogen-bond acceptors (Lipinski definition) is 4. The van der Waals surface area contributed by atoms with Crippen LogP contribution in [0.15, 0.2) is 59.1 Å². The average molecular weight is 474 g/mol. The van der Waals surface area contributed by atoms with Crippen molar-refractivity contribution in [3.05, 3.63) is 82.7 Å². The van der Waals surface area contributed by atoms with Gasteiger partial charge in [0.05, 0.1) is 5.69 Å². The Balaban J connectivity index is 1.68. The lowest BCUT2D eigenvalue weighted by Gasteiger charge is -2.30. The topological polar surface area (TPSA) is 49.6 Å². The second-order valence-electron chi connectivity index (χ2n) is 10.0. The first kappa shape index (κ1) is 25.0. The molecule has 35 heavy (non-hydrogen) atoms. The van der Waals surface area contributed by atoms with Crippen LogP contribution in [0.4, 0.5) is 5.69 Å². The highest BCUT2D eigenvalue weighted by Gasteiger charge is 2.27. The minimum absolute atomic E-state index is 0.0340. The molecule has 5 heteroatoms. The molecule has 5 nitrogen and oxygen atoms in total. The fourth-order valence-corrected chi connectivity index (χ4v) is 5.01. The van der Waals surface area contributed by atoms with Gasteiger partial charge in [0.25, 0.3) is 5.91 Å². The van der Waals surface area contributed by atoms with Gasteiger partial charge in [0, 0.05) is 31.9 Å². The number of amides is 1. The van der Waals surface area contributed by atoms with Crippen molar-refractivity contribution in [2.75, 3.05) is 18.0 Å². The van der Waals surface area contributed by atoms with Gasteiger partial charge in [-0.3, -0.25) is 4.79 Å². The van der Waals surface area contributed by atoms with Gasteiger partial charge in [-0.25, -0.2) is 0 Å². The summed E-state index contributed by atoms with van der Waals surface area (Å²) in [4.78, 5) is 18.4. The maximum absolute atomic E-state index is 13.9. The lowest BCUT2D eigenvalue weighted by atomic mass is 10.0. The molecule has 0 fully saturated rings. The van der Waals surface area contributed by atoms with Gasteiger partial charge >= 0.3 is 0 Å². The predicted molar refractivity (Wildman–Crippen MR) is 142 cm³/mol. The first-order valence-corrected chi connectivity index (χ1v) is 13.2. The Morgan fingerprint density at radius 1 is 0.914 bits per heavy atom. The number of hydrogen-bond donors (Lipinski definition) is 0. The highest BCUT2D eigenvalue weighted by atomic mass is 16.5. The maximum atomic E-state index is 13.9. The molecule has 0 saturated carbocycles. The first-order chi connectivity index (χ1) is 17.0. The number of aryl methyl sites for hydroxylation is 1. The highest BCUT2D eigenvalue weighted by molar-refractivity contribution is 5.96. The predicted octanol–water partition coefficient (Wildman–Crippen LogP) is 7.11. The van der Waals surface area contributed by atoms with Crippen LogP contribution in [0.25, 0.3) is 0 Å². The third-order valence-corrected chi connectivity index (χ3v) is 6.95. The molecule has 1 amide bonds. The van der Waals surface area contributed by atoms with Crippen LogP contribution in [0.3, 0.4) is 0 Å². The SMILES string of the molecule is Cc1onc(C(C)C)c1C(=O)N1CCCCCCCCN(Cc2ccccc2)c2ccccc2C1. The third kappa shape index (κ3) is 6.33. The van der Waals surface area contributed by atoms with Crippen LogP contribution in [-0.2, 0) is 13.1 Å². The molecule has 2 aromatic carbocycles. The van der Waals surface area contributed by atoms with Crippen molar-refractivity contribution in [2.24, 2.45) is 0 Å². The number of anilines is 1. The van der Waals surface area contributed by atoms with E-state index in [1.807, 2.05) is 11.8 Å². The van der Waals surface area contributed by atoms with Crippen molar-refractivity contribution in [2.45, 2.75) is 78.3 Å². The van der Waals surface area contributed by atoms with E-state index in [-0.39, 0.29) is 11.8 Å². The van der Waals surface area contributed by atoms with Gasteiger partial charge in [0.2, 0.25) is 0 Å². The van der Waals surface area contributed by atoms with Crippen molar-refractivity contribution in [1.29, 1.82) is 0 Å². The molecule has 0 radical (unpaired) electrons. The molecule has 1 aliphatic rings. The van der Waals surface area contributed by atoms with Gasteiger partial charge in [0.15, 0.2) is 0 Å². The minimum atomic E-state index is 0.0340. The summed E-state index contributed by atoms with van der Waals surface area (Å²) in [5.74, 6) is 0.781. The summed E-state index contributed by atoms with van der Waals surface area (Å²) in [5.41, 5.74) is 5.12. The molecule has 0 spiro atoms. The number of aromatic nitrogens is 1. The molecule has 0 saturated heterocycles. The molecule has 2 heterocycles. The summed E-state index contributed by atoms with van der Waals surface area (Å²) in [6.45, 7) is 9.18. The van der Waals surface area contributed by atoms with Gasteiger partial charge in [-0.05, 0) is 42.9 Å². The average Bonchev–Trinajstić information content (AvgIpc) is 3.26. The van der Waals surface area contributed by atoms with Gasteiger partial charge in [0.1, 0.15) is 11.3 Å². The van der Waals surface area contributed by atoms with E-state index in [0.717, 1.165) is 38.2 Å². The van der Waals surface area contributed by atoms with E-state index >= 15 is 0 Å². The number of fused-ring (bicyclic) bond motifs is 1. The quantitative estimate of drug-likeness (QED) is 0.405. The van der Waals surface area contributed by atoms with Gasteiger partial charge in [-0.15, -0.1) is 0 Å². The zero-order valence-corrected chi connectivity index (χ0v) is 21.5. The number of rotatable bonds is 4. The standard InChI is InChI=1S/C30H39N3O2/c1-23(2)29-28(24(3)35-31-29)30(34)33-20-14-7-5-4-6-13-19-32(21-25-15-9-8-10-16-25)27-18-12-11-17-26(27)22-33/h8-12,15-18,23H,4-7,13-14,19-22H2,1-3H3. The zero-order valence-electron chi connectivity index (χ0n) is 21.5. The zero-order chi connectivity index (χ0) is 24.6. The molecule has 0 bridgehead atoms. The van der Waals surface area contributed by atoms with Gasteiger partial charge < -0.3 is 14.3 Å². The largest absolute Gasteiger partial charge is 0.367 e. The van der Waals surface area contributed by atoms with Crippen LogP contribution in [0.5, 0.6) is 0 Å². The van der Waals surface area contributed by atoms with Crippen LogP contribution in [0, 0.1) is 6.92 Å². The molecule has 1 aromatic heterocycles. The second kappa shape index (κ2) is 12.1. The van der Waals surface area contributed by atoms with Crippen LogP contribution in [0.2, 0.25) is 0 Å². The van der Waals surface area contributed by atoms with E-state index in [2.05, 4.69) is 78.5 Å². The van der Waals surface area contributed by atoms with Crippen molar-refractivity contribution in [3.8, 4) is 0 Å². The Bertz CT molecular complexity index is 1090. The Morgan fingerprint density at radius 2 is 1.57 bits per heavy atom. The molecular weight excluding hydrogens is 434 g/mol. The summed E-state index contributed by atoms with van der Waals surface area (Å²) >= 11 is 0. The van der Waals surface area contributed by atoms with Crippen LogP contribution in [0.1, 0.15) is 91.2 Å². The Hall–Kier alpha value is -3.08. The van der Waals surface area contributed by atoms with Crippen LogP contribution in [-0.4, -0.2) is 29.1 Å². The molecule has 0 aliphatic carbocycles. The fourth-order valence-electron chi connectivity index (χ4n) is 5.01. The molecule has 186 valence electrons. The van der Waals surface area contributed by atoms with Crippen molar-refractivity contribution in [3.63, 3.8) is 0 Å². The van der Waals surface area contributed by atoms with Gasteiger partial charge in [-0.1, -0.05) is 93.2 Å². The molecule has 3 aromatic rings. The van der Waals surface area contributed by atoms with Crippen LogP contribution >= 0.6 is 0 Å².